The van der Waals surface area contributed by atoms with E-state index in [0.717, 1.165) is 11.7 Å². The molecule has 1 atom stereocenters. The van der Waals surface area contributed by atoms with Crippen molar-refractivity contribution in [3.8, 4) is 0 Å². The topological polar surface area (TPSA) is 25.8 Å². The first-order valence-electron chi connectivity index (χ1n) is 6.02. The van der Waals surface area contributed by atoms with Gasteiger partial charge in [-0.2, -0.15) is 0 Å². The molecule has 1 aliphatic carbocycles. The zero-order chi connectivity index (χ0) is 12.0. The highest BCUT2D eigenvalue weighted by Crippen LogP contribution is 2.40. The number of aromatic nitrogens is 2. The first-order valence-corrected chi connectivity index (χ1v) is 8.06. The number of thioether (sulfide) groups is 1. The Labute approximate surface area is 110 Å². The van der Waals surface area contributed by atoms with Gasteiger partial charge >= 0.3 is 0 Å². The van der Waals surface area contributed by atoms with Crippen LogP contribution in [0.25, 0.3) is 10.2 Å². The van der Waals surface area contributed by atoms with E-state index < -0.39 is 0 Å². The summed E-state index contributed by atoms with van der Waals surface area (Å²) < 4.78 is 0. The third kappa shape index (κ3) is 1.87. The van der Waals surface area contributed by atoms with E-state index in [4.69, 9.17) is 0 Å². The summed E-state index contributed by atoms with van der Waals surface area (Å²) in [5.74, 6) is 1.72. The van der Waals surface area contributed by atoms with Gasteiger partial charge in [0, 0.05) is 10.3 Å². The Balaban J connectivity index is 2.28. The molecular formula is C13H16N2S2. The van der Waals surface area contributed by atoms with Gasteiger partial charge in [0.1, 0.15) is 15.7 Å². The second-order valence-corrected chi connectivity index (χ2v) is 6.69. The molecule has 0 bridgehead atoms. The molecule has 0 saturated carbocycles. The van der Waals surface area contributed by atoms with Crippen molar-refractivity contribution in [3.05, 3.63) is 16.3 Å². The van der Waals surface area contributed by atoms with Crippen molar-refractivity contribution in [3.63, 3.8) is 0 Å². The fraction of sp³-hybridized carbons (Fsp3) is 0.538. The van der Waals surface area contributed by atoms with Crippen LogP contribution in [-0.2, 0) is 12.8 Å². The van der Waals surface area contributed by atoms with Gasteiger partial charge in [-0.15, -0.1) is 23.1 Å². The monoisotopic (exact) mass is 264 g/mol. The summed E-state index contributed by atoms with van der Waals surface area (Å²) in [7, 11) is 0. The first kappa shape index (κ1) is 11.5. The molecule has 17 heavy (non-hydrogen) atoms. The van der Waals surface area contributed by atoms with Crippen LogP contribution in [0.1, 0.15) is 29.6 Å². The van der Waals surface area contributed by atoms with Crippen LogP contribution in [-0.4, -0.2) is 16.2 Å². The first-order chi connectivity index (χ1) is 8.19. The summed E-state index contributed by atoms with van der Waals surface area (Å²) in [6.45, 7) is 4.33. The van der Waals surface area contributed by atoms with Gasteiger partial charge in [-0.3, -0.25) is 0 Å². The lowest BCUT2D eigenvalue weighted by Gasteiger charge is -2.17. The molecule has 2 heterocycles. The maximum atomic E-state index is 4.61. The van der Waals surface area contributed by atoms with Gasteiger partial charge in [0.15, 0.2) is 0 Å². The lowest BCUT2D eigenvalue weighted by Crippen LogP contribution is -2.08. The lowest BCUT2D eigenvalue weighted by atomic mass is 9.89. The van der Waals surface area contributed by atoms with Gasteiger partial charge in [-0.05, 0) is 43.9 Å². The van der Waals surface area contributed by atoms with Gasteiger partial charge in [0.05, 0.1) is 0 Å². The number of aryl methyl sites for hydroxylation is 2. The smallest absolute Gasteiger partial charge is 0.128 e. The maximum absolute atomic E-state index is 4.61. The fourth-order valence-electron chi connectivity index (χ4n) is 2.56. The molecular weight excluding hydrogens is 248 g/mol. The molecule has 2 nitrogen and oxygen atoms in total. The molecule has 2 aromatic heterocycles. The van der Waals surface area contributed by atoms with Crippen molar-refractivity contribution in [1.29, 1.82) is 0 Å². The van der Waals surface area contributed by atoms with Crippen LogP contribution in [0.15, 0.2) is 5.03 Å². The van der Waals surface area contributed by atoms with Crippen LogP contribution in [0.3, 0.4) is 0 Å². The third-order valence-corrected chi connectivity index (χ3v) is 5.26. The summed E-state index contributed by atoms with van der Waals surface area (Å²) in [4.78, 5) is 11.9. The number of nitrogens with zero attached hydrogens (tertiary/aromatic N) is 2. The highest BCUT2D eigenvalue weighted by molar-refractivity contribution is 7.98. The van der Waals surface area contributed by atoms with Crippen molar-refractivity contribution >= 4 is 33.3 Å². The number of hydrogen-bond acceptors (Lipinski definition) is 4. The molecule has 3 rings (SSSR count). The Morgan fingerprint density at radius 2 is 2.18 bits per heavy atom. The molecule has 90 valence electrons. The van der Waals surface area contributed by atoms with E-state index in [2.05, 4.69) is 23.1 Å². The second kappa shape index (κ2) is 4.25. The highest BCUT2D eigenvalue weighted by Gasteiger charge is 2.23. The number of thiophene rings is 1. The molecule has 0 unspecified atom stereocenters. The van der Waals surface area contributed by atoms with Crippen LogP contribution >= 0.6 is 23.1 Å². The van der Waals surface area contributed by atoms with E-state index >= 15 is 0 Å². The van der Waals surface area contributed by atoms with Crippen LogP contribution in [0, 0.1) is 12.8 Å². The quantitative estimate of drug-likeness (QED) is 0.578. The standard InChI is InChI=1S/C13H16N2S2/c1-7-4-5-9-10(6-7)17-13-11(9)12(16-3)14-8(2)15-13/h7H,4-6H2,1-3H3/t7-/m1/s1. The van der Waals surface area contributed by atoms with E-state index in [1.54, 1.807) is 16.6 Å². The van der Waals surface area contributed by atoms with Crippen LogP contribution < -0.4 is 0 Å². The Kier molecular flexibility index (Phi) is 2.87. The summed E-state index contributed by atoms with van der Waals surface area (Å²) >= 11 is 3.63. The predicted octanol–water partition coefficient (Wildman–Crippen LogP) is 3.85. The second-order valence-electron chi connectivity index (χ2n) is 4.81. The molecule has 0 aromatic carbocycles. The number of hydrogen-bond donors (Lipinski definition) is 0. The molecule has 0 saturated heterocycles. The minimum Gasteiger partial charge on any atom is -0.226 e. The summed E-state index contributed by atoms with van der Waals surface area (Å²) in [6, 6.07) is 0. The molecule has 0 radical (unpaired) electrons. The van der Waals surface area contributed by atoms with E-state index in [1.807, 2.05) is 18.3 Å². The van der Waals surface area contributed by atoms with Gasteiger partial charge in [-0.25, -0.2) is 9.97 Å². The molecule has 1 aliphatic rings. The van der Waals surface area contributed by atoms with Gasteiger partial charge in [0.25, 0.3) is 0 Å². The van der Waals surface area contributed by atoms with Gasteiger partial charge in [-0.1, -0.05) is 6.92 Å². The Morgan fingerprint density at radius 3 is 2.94 bits per heavy atom. The van der Waals surface area contributed by atoms with Gasteiger partial charge in [0.2, 0.25) is 0 Å². The fourth-order valence-corrected chi connectivity index (χ4v) is 4.70. The molecule has 0 amide bonds. The minimum atomic E-state index is 0.822. The predicted molar refractivity (Wildman–Crippen MR) is 75.1 cm³/mol. The Hall–Kier alpha value is -0.610. The summed E-state index contributed by atoms with van der Waals surface area (Å²) in [6.07, 6.45) is 5.84. The van der Waals surface area contributed by atoms with Crippen molar-refractivity contribution in [1.82, 2.24) is 9.97 Å². The molecule has 0 spiro atoms. The average molecular weight is 264 g/mol. The van der Waals surface area contributed by atoms with Crippen LogP contribution in [0.5, 0.6) is 0 Å². The van der Waals surface area contributed by atoms with Crippen LogP contribution in [0.2, 0.25) is 0 Å². The maximum Gasteiger partial charge on any atom is 0.128 e. The zero-order valence-corrected chi connectivity index (χ0v) is 12.0. The number of fused-ring (bicyclic) bond motifs is 3. The summed E-state index contributed by atoms with van der Waals surface area (Å²) in [5.41, 5.74) is 1.53. The number of rotatable bonds is 1. The van der Waals surface area contributed by atoms with Crippen molar-refractivity contribution in [2.45, 2.75) is 38.1 Å². The molecule has 0 aliphatic heterocycles. The normalized spacial score (nSPS) is 19.6. The SMILES string of the molecule is CSc1nc(C)nc2sc3c(c12)CC[C@@H](C)C3. The molecule has 0 fully saturated rings. The van der Waals surface area contributed by atoms with Crippen molar-refractivity contribution in [2.24, 2.45) is 5.92 Å². The molecule has 2 aromatic rings. The Bertz CT molecular complexity index is 574. The van der Waals surface area contributed by atoms with E-state index in [9.17, 15) is 0 Å². The third-order valence-electron chi connectivity index (χ3n) is 3.43. The lowest BCUT2D eigenvalue weighted by molar-refractivity contribution is 0.509. The molecule has 0 N–H and O–H groups in total. The van der Waals surface area contributed by atoms with E-state index in [1.165, 1.54) is 40.1 Å². The van der Waals surface area contributed by atoms with Crippen molar-refractivity contribution < 1.29 is 0 Å². The zero-order valence-electron chi connectivity index (χ0n) is 10.4. The van der Waals surface area contributed by atoms with Crippen molar-refractivity contribution in [2.75, 3.05) is 6.26 Å². The van der Waals surface area contributed by atoms with E-state index in [-0.39, 0.29) is 0 Å². The summed E-state index contributed by atoms with van der Waals surface area (Å²) in [5, 5.41) is 2.51. The molecule has 4 heteroatoms. The Morgan fingerprint density at radius 1 is 1.35 bits per heavy atom. The van der Waals surface area contributed by atoms with E-state index in [0.29, 0.717) is 0 Å². The van der Waals surface area contributed by atoms with Gasteiger partial charge < -0.3 is 0 Å². The minimum absolute atomic E-state index is 0.822. The van der Waals surface area contributed by atoms with Crippen LogP contribution in [0.4, 0.5) is 0 Å². The largest absolute Gasteiger partial charge is 0.226 e. The average Bonchev–Trinajstić information content (AvgIpc) is 2.64. The highest BCUT2D eigenvalue weighted by atomic mass is 32.2.